The fraction of sp³-hybridized carbons (Fsp3) is 0.500. The second kappa shape index (κ2) is 12.7. The number of anilines is 1. The van der Waals surface area contributed by atoms with Gasteiger partial charge in [-0.15, -0.1) is 0 Å². The maximum atomic E-state index is 13.5. The van der Waals surface area contributed by atoms with Crippen molar-refractivity contribution < 1.29 is 32.6 Å². The minimum Gasteiger partial charge on any atom is -0.486 e. The van der Waals surface area contributed by atoms with Gasteiger partial charge in [-0.1, -0.05) is 25.1 Å². The van der Waals surface area contributed by atoms with Gasteiger partial charge in [0.15, 0.2) is 5.75 Å². The van der Waals surface area contributed by atoms with Crippen LogP contribution in [0.2, 0.25) is 0 Å². The van der Waals surface area contributed by atoms with E-state index in [1.165, 1.54) is 12.1 Å². The molecule has 0 saturated carbocycles. The van der Waals surface area contributed by atoms with E-state index in [2.05, 4.69) is 10.6 Å². The number of likely N-dealkylation sites (N-methyl/N-ethyl adjacent to an activating group) is 1. The zero-order valence-corrected chi connectivity index (χ0v) is 22.9. The fourth-order valence-electron chi connectivity index (χ4n) is 4.46. The second-order valence-electron chi connectivity index (χ2n) is 10.4. The first-order valence-corrected chi connectivity index (χ1v) is 12.9. The van der Waals surface area contributed by atoms with E-state index in [4.69, 9.17) is 4.74 Å². The standard InChI is InChI=1S/C28H37F3N4O4/c1-17(2)32-27(38)33-23-8-6-7-22-25(23)39-24(18(3)13-35(26(22)37)19(4)16-36)15-34(5)14-20-9-11-21(12-10-20)28(29,30)31/h6-12,17-19,24,36H,13-16H2,1-5H3,(H2,32,33,38)/t18-,19-,24-/m0/s1. The molecule has 2 aromatic rings. The molecule has 0 unspecified atom stereocenters. The van der Waals surface area contributed by atoms with Gasteiger partial charge in [0.25, 0.3) is 5.91 Å². The Hall–Kier alpha value is -3.31. The number of para-hydroxylation sites is 1. The van der Waals surface area contributed by atoms with Gasteiger partial charge < -0.3 is 25.4 Å². The summed E-state index contributed by atoms with van der Waals surface area (Å²) in [7, 11) is 1.84. The van der Waals surface area contributed by atoms with Crippen LogP contribution in [0.5, 0.6) is 5.75 Å². The Morgan fingerprint density at radius 3 is 2.44 bits per heavy atom. The maximum absolute atomic E-state index is 13.5. The van der Waals surface area contributed by atoms with Crippen LogP contribution in [0.25, 0.3) is 0 Å². The Bertz CT molecular complexity index is 1140. The number of ether oxygens (including phenoxy) is 1. The smallest absolute Gasteiger partial charge is 0.416 e. The van der Waals surface area contributed by atoms with Crippen LogP contribution in [0.3, 0.4) is 0 Å². The molecule has 0 spiro atoms. The lowest BCUT2D eigenvalue weighted by Gasteiger charge is -2.38. The predicted octanol–water partition coefficient (Wildman–Crippen LogP) is 4.59. The van der Waals surface area contributed by atoms with Crippen molar-refractivity contribution in [2.24, 2.45) is 5.92 Å². The van der Waals surface area contributed by atoms with Gasteiger partial charge in [0.05, 0.1) is 29.5 Å². The molecule has 0 aromatic heterocycles. The Kier molecular flexibility index (Phi) is 9.84. The van der Waals surface area contributed by atoms with E-state index in [0.717, 1.165) is 12.1 Å². The number of urea groups is 1. The van der Waals surface area contributed by atoms with E-state index < -0.39 is 29.9 Å². The van der Waals surface area contributed by atoms with Crippen molar-refractivity contribution in [1.82, 2.24) is 15.1 Å². The summed E-state index contributed by atoms with van der Waals surface area (Å²) in [5.74, 6) is -0.261. The summed E-state index contributed by atoms with van der Waals surface area (Å²) in [5, 5.41) is 15.4. The van der Waals surface area contributed by atoms with Gasteiger partial charge in [0.2, 0.25) is 0 Å². The molecule has 3 rings (SSSR count). The number of fused-ring (bicyclic) bond motifs is 1. The largest absolute Gasteiger partial charge is 0.486 e. The number of hydrogen-bond acceptors (Lipinski definition) is 5. The molecule has 8 nitrogen and oxygen atoms in total. The molecular formula is C28H37F3N4O4. The number of hydrogen-bond donors (Lipinski definition) is 3. The molecule has 0 aliphatic carbocycles. The molecule has 3 amide bonds. The number of carbonyl (C=O) groups is 2. The summed E-state index contributed by atoms with van der Waals surface area (Å²) in [6, 6.07) is 8.97. The van der Waals surface area contributed by atoms with Gasteiger partial charge in [0, 0.05) is 31.6 Å². The van der Waals surface area contributed by atoms with Crippen LogP contribution in [-0.4, -0.2) is 71.8 Å². The van der Waals surface area contributed by atoms with Gasteiger partial charge in [-0.25, -0.2) is 4.79 Å². The quantitative estimate of drug-likeness (QED) is 0.447. The van der Waals surface area contributed by atoms with E-state index in [0.29, 0.717) is 30.9 Å². The molecule has 0 bridgehead atoms. The number of nitrogens with one attached hydrogen (secondary N) is 2. The van der Waals surface area contributed by atoms with Crippen molar-refractivity contribution >= 4 is 17.6 Å². The number of halogens is 3. The highest BCUT2D eigenvalue weighted by Gasteiger charge is 2.35. The monoisotopic (exact) mass is 550 g/mol. The summed E-state index contributed by atoms with van der Waals surface area (Å²) in [4.78, 5) is 29.6. The third-order valence-corrected chi connectivity index (χ3v) is 6.58. The Labute approximate surface area is 227 Å². The molecule has 1 heterocycles. The van der Waals surface area contributed by atoms with Crippen molar-refractivity contribution in [3.63, 3.8) is 0 Å². The third kappa shape index (κ3) is 7.86. The lowest BCUT2D eigenvalue weighted by atomic mass is 9.98. The highest BCUT2D eigenvalue weighted by molar-refractivity contribution is 6.01. The van der Waals surface area contributed by atoms with Crippen LogP contribution in [-0.2, 0) is 12.7 Å². The van der Waals surface area contributed by atoms with Crippen molar-refractivity contribution in [3.8, 4) is 5.75 Å². The van der Waals surface area contributed by atoms with Crippen LogP contribution in [0.4, 0.5) is 23.7 Å². The highest BCUT2D eigenvalue weighted by Crippen LogP contribution is 2.35. The third-order valence-electron chi connectivity index (χ3n) is 6.58. The van der Waals surface area contributed by atoms with Crippen molar-refractivity contribution in [1.29, 1.82) is 0 Å². The van der Waals surface area contributed by atoms with Gasteiger partial charge in [-0.2, -0.15) is 13.2 Å². The lowest BCUT2D eigenvalue weighted by molar-refractivity contribution is -0.137. The summed E-state index contributed by atoms with van der Waals surface area (Å²) < 4.78 is 45.3. The molecule has 1 aliphatic heterocycles. The van der Waals surface area contributed by atoms with E-state index in [1.807, 2.05) is 32.7 Å². The van der Waals surface area contributed by atoms with Crippen molar-refractivity contribution in [2.45, 2.75) is 58.6 Å². The Morgan fingerprint density at radius 2 is 1.85 bits per heavy atom. The molecule has 2 aromatic carbocycles. The zero-order valence-electron chi connectivity index (χ0n) is 22.9. The Balaban J connectivity index is 1.90. The minimum absolute atomic E-state index is 0.106. The first-order chi connectivity index (χ1) is 18.3. The average molecular weight is 551 g/mol. The van der Waals surface area contributed by atoms with Gasteiger partial charge >= 0.3 is 12.2 Å². The number of amides is 3. The molecule has 0 radical (unpaired) electrons. The molecule has 1 aliphatic rings. The van der Waals surface area contributed by atoms with E-state index in [1.54, 1.807) is 30.0 Å². The number of nitrogens with zero attached hydrogens (tertiary/aromatic N) is 2. The normalized spacial score (nSPS) is 18.7. The summed E-state index contributed by atoms with van der Waals surface area (Å²) >= 11 is 0. The molecule has 0 fully saturated rings. The topological polar surface area (TPSA) is 94.1 Å². The van der Waals surface area contributed by atoms with Gasteiger partial charge in [0.1, 0.15) is 6.10 Å². The van der Waals surface area contributed by atoms with Crippen molar-refractivity contribution in [3.05, 3.63) is 59.2 Å². The first kappa shape index (κ1) is 30.2. The van der Waals surface area contributed by atoms with Gasteiger partial charge in [-0.3, -0.25) is 9.69 Å². The fourth-order valence-corrected chi connectivity index (χ4v) is 4.46. The molecule has 3 atom stereocenters. The molecular weight excluding hydrogens is 513 g/mol. The maximum Gasteiger partial charge on any atom is 0.416 e. The molecule has 214 valence electrons. The number of aliphatic hydroxyl groups is 1. The number of aliphatic hydroxyl groups excluding tert-OH is 1. The minimum atomic E-state index is -4.40. The van der Waals surface area contributed by atoms with Gasteiger partial charge in [-0.05, 0) is 57.6 Å². The second-order valence-corrected chi connectivity index (χ2v) is 10.4. The summed E-state index contributed by atoms with van der Waals surface area (Å²) in [6.45, 7) is 8.23. The van der Waals surface area contributed by atoms with Crippen molar-refractivity contribution in [2.75, 3.05) is 32.1 Å². The predicted molar refractivity (Wildman–Crippen MR) is 143 cm³/mol. The number of alkyl halides is 3. The summed E-state index contributed by atoms with van der Waals surface area (Å²) in [6.07, 6.45) is -4.84. The SMILES string of the molecule is CC(C)NC(=O)Nc1cccc2c1O[C@@H](CN(C)Cc1ccc(C(F)(F)F)cc1)[C@@H](C)CN([C@@H](C)CO)C2=O. The zero-order chi connectivity index (χ0) is 28.9. The van der Waals surface area contributed by atoms with E-state index in [-0.39, 0.29) is 35.8 Å². The number of rotatable bonds is 8. The van der Waals surface area contributed by atoms with E-state index in [9.17, 15) is 27.9 Å². The molecule has 11 heteroatoms. The first-order valence-electron chi connectivity index (χ1n) is 12.9. The van der Waals surface area contributed by atoms with Crippen LogP contribution >= 0.6 is 0 Å². The number of benzene rings is 2. The average Bonchev–Trinajstić information content (AvgIpc) is 2.85. The van der Waals surface area contributed by atoms with Crippen LogP contribution < -0.4 is 15.4 Å². The molecule has 39 heavy (non-hydrogen) atoms. The van der Waals surface area contributed by atoms with Crippen LogP contribution in [0.15, 0.2) is 42.5 Å². The highest BCUT2D eigenvalue weighted by atomic mass is 19.4. The van der Waals surface area contributed by atoms with Crippen LogP contribution in [0.1, 0.15) is 49.2 Å². The van der Waals surface area contributed by atoms with Crippen LogP contribution in [0, 0.1) is 5.92 Å². The Morgan fingerprint density at radius 1 is 1.18 bits per heavy atom. The number of carbonyl (C=O) groups excluding carboxylic acids is 2. The van der Waals surface area contributed by atoms with E-state index >= 15 is 0 Å². The molecule has 3 N–H and O–H groups in total. The molecule has 0 saturated heterocycles. The summed E-state index contributed by atoms with van der Waals surface area (Å²) in [5.41, 5.74) is 0.606. The lowest BCUT2D eigenvalue weighted by Crippen LogP contribution is -2.49.